The minimum Gasteiger partial charge on any atom is -0.478 e. The topological polar surface area (TPSA) is 94.9 Å². The Morgan fingerprint density at radius 3 is 2.52 bits per heavy atom. The molecule has 1 saturated carbocycles. The fraction of sp³-hybridized carbons (Fsp3) is 0.462. The van der Waals surface area contributed by atoms with Crippen LogP contribution in [0.5, 0.6) is 0 Å². The van der Waals surface area contributed by atoms with Crippen LogP contribution in [0.2, 0.25) is 0 Å². The Balaban J connectivity index is 2.41. The van der Waals surface area contributed by atoms with E-state index < -0.39 is 27.4 Å². The number of aromatic carboxylic acids is 1. The van der Waals surface area contributed by atoms with Gasteiger partial charge in [-0.15, -0.1) is 0 Å². The number of hydrogen-bond acceptors (Lipinski definition) is 4. The van der Waals surface area contributed by atoms with Crippen LogP contribution in [0.15, 0.2) is 23.1 Å². The van der Waals surface area contributed by atoms with Gasteiger partial charge in [-0.2, -0.15) is 4.31 Å². The van der Waals surface area contributed by atoms with E-state index in [9.17, 15) is 17.6 Å². The van der Waals surface area contributed by atoms with Gasteiger partial charge in [0, 0.05) is 12.6 Å². The maximum absolute atomic E-state index is 13.4. The number of aliphatic hydroxyl groups excluding tert-OH is 1. The van der Waals surface area contributed by atoms with Gasteiger partial charge >= 0.3 is 5.97 Å². The Labute approximate surface area is 121 Å². The van der Waals surface area contributed by atoms with Crippen LogP contribution in [0.4, 0.5) is 4.39 Å². The van der Waals surface area contributed by atoms with Gasteiger partial charge in [0.2, 0.25) is 10.0 Å². The van der Waals surface area contributed by atoms with Gasteiger partial charge < -0.3 is 10.2 Å². The van der Waals surface area contributed by atoms with E-state index in [0.29, 0.717) is 12.8 Å². The molecule has 116 valence electrons. The van der Waals surface area contributed by atoms with Gasteiger partial charge in [0.15, 0.2) is 0 Å². The molecule has 0 radical (unpaired) electrons. The maximum Gasteiger partial charge on any atom is 0.338 e. The molecule has 1 aromatic rings. The monoisotopic (exact) mass is 317 g/mol. The molecule has 0 spiro atoms. The summed E-state index contributed by atoms with van der Waals surface area (Å²) in [7, 11) is -3.95. The Morgan fingerprint density at radius 1 is 1.38 bits per heavy atom. The van der Waals surface area contributed by atoms with Gasteiger partial charge in [0.1, 0.15) is 5.82 Å². The number of halogens is 1. The first kappa shape index (κ1) is 15.9. The first-order valence-electron chi connectivity index (χ1n) is 6.53. The smallest absolute Gasteiger partial charge is 0.338 e. The normalized spacial score (nSPS) is 16.0. The van der Waals surface area contributed by atoms with Crippen LogP contribution in [0, 0.1) is 5.82 Å². The van der Waals surface area contributed by atoms with E-state index in [1.807, 2.05) is 0 Å². The van der Waals surface area contributed by atoms with E-state index in [4.69, 9.17) is 10.2 Å². The predicted octanol–water partition coefficient (Wildman–Crippen LogP) is 1.06. The van der Waals surface area contributed by atoms with Crippen LogP contribution < -0.4 is 0 Å². The summed E-state index contributed by atoms with van der Waals surface area (Å²) in [5.74, 6) is -2.51. The SMILES string of the molecule is O=C(O)c1cc(S(=O)(=O)N(CCO)C2CCC2)ccc1F. The third-order valence-electron chi connectivity index (χ3n) is 3.58. The second-order valence-corrected chi connectivity index (χ2v) is 6.76. The molecule has 2 rings (SSSR count). The van der Waals surface area contributed by atoms with Crippen molar-refractivity contribution in [1.29, 1.82) is 0 Å². The zero-order valence-corrected chi connectivity index (χ0v) is 12.0. The van der Waals surface area contributed by atoms with Gasteiger partial charge in [-0.3, -0.25) is 0 Å². The van der Waals surface area contributed by atoms with Crippen molar-refractivity contribution in [3.8, 4) is 0 Å². The predicted molar refractivity (Wildman–Crippen MR) is 72.0 cm³/mol. The molecule has 1 aromatic carbocycles. The molecule has 1 aliphatic rings. The summed E-state index contributed by atoms with van der Waals surface area (Å²) in [5, 5.41) is 17.9. The molecule has 0 bridgehead atoms. The highest BCUT2D eigenvalue weighted by Crippen LogP contribution is 2.30. The van der Waals surface area contributed by atoms with E-state index >= 15 is 0 Å². The second-order valence-electron chi connectivity index (χ2n) is 4.87. The molecule has 0 aromatic heterocycles. The lowest BCUT2D eigenvalue weighted by molar-refractivity contribution is 0.0691. The van der Waals surface area contributed by atoms with Crippen LogP contribution in [0.1, 0.15) is 29.6 Å². The molecule has 0 heterocycles. The van der Waals surface area contributed by atoms with Crippen molar-refractivity contribution in [2.75, 3.05) is 13.2 Å². The van der Waals surface area contributed by atoms with Crippen molar-refractivity contribution >= 4 is 16.0 Å². The molecule has 0 atom stereocenters. The number of rotatable bonds is 6. The molecule has 1 aliphatic carbocycles. The van der Waals surface area contributed by atoms with Crippen molar-refractivity contribution in [3.05, 3.63) is 29.6 Å². The minimum absolute atomic E-state index is 0.0627. The highest BCUT2D eigenvalue weighted by Gasteiger charge is 2.35. The fourth-order valence-electron chi connectivity index (χ4n) is 2.24. The molecule has 0 aliphatic heterocycles. The number of aliphatic hydroxyl groups is 1. The third-order valence-corrected chi connectivity index (χ3v) is 5.53. The number of carboxylic acids is 1. The van der Waals surface area contributed by atoms with Crippen LogP contribution in [0.25, 0.3) is 0 Å². The van der Waals surface area contributed by atoms with Crippen molar-refractivity contribution in [3.63, 3.8) is 0 Å². The zero-order chi connectivity index (χ0) is 15.6. The number of sulfonamides is 1. The number of carboxylic acid groups (broad SMARTS) is 1. The third kappa shape index (κ3) is 3.07. The second kappa shape index (κ2) is 6.08. The van der Waals surface area contributed by atoms with Gasteiger partial charge in [-0.05, 0) is 31.0 Å². The molecular formula is C13H16FNO5S. The Morgan fingerprint density at radius 2 is 2.05 bits per heavy atom. The van der Waals surface area contributed by atoms with Crippen LogP contribution in [0.3, 0.4) is 0 Å². The minimum atomic E-state index is -3.95. The summed E-state index contributed by atoms with van der Waals surface area (Å²) in [6, 6.07) is 2.49. The lowest BCUT2D eigenvalue weighted by Crippen LogP contribution is -2.45. The van der Waals surface area contributed by atoms with E-state index in [-0.39, 0.29) is 24.1 Å². The summed E-state index contributed by atoms with van der Waals surface area (Å²) in [6.45, 7) is -0.393. The van der Waals surface area contributed by atoms with Crippen molar-refractivity contribution in [2.45, 2.75) is 30.2 Å². The van der Waals surface area contributed by atoms with Crippen LogP contribution in [-0.2, 0) is 10.0 Å². The zero-order valence-electron chi connectivity index (χ0n) is 11.2. The summed E-state index contributed by atoms with van der Waals surface area (Å²) < 4.78 is 39.6. The molecule has 0 saturated heterocycles. The molecule has 6 nitrogen and oxygen atoms in total. The molecule has 8 heteroatoms. The van der Waals surface area contributed by atoms with Crippen LogP contribution in [-0.4, -0.2) is 48.1 Å². The average Bonchev–Trinajstić information content (AvgIpc) is 2.36. The lowest BCUT2D eigenvalue weighted by atomic mass is 9.93. The van der Waals surface area contributed by atoms with E-state index in [2.05, 4.69) is 0 Å². The Kier molecular flexibility index (Phi) is 4.60. The number of benzene rings is 1. The quantitative estimate of drug-likeness (QED) is 0.818. The van der Waals surface area contributed by atoms with E-state index in [0.717, 1.165) is 28.9 Å². The first-order chi connectivity index (χ1) is 9.87. The van der Waals surface area contributed by atoms with E-state index in [1.54, 1.807) is 0 Å². The van der Waals surface area contributed by atoms with Crippen LogP contribution >= 0.6 is 0 Å². The van der Waals surface area contributed by atoms with Crippen molar-refractivity contribution < 1.29 is 27.8 Å². The summed E-state index contributed by atoms with van der Waals surface area (Å²) in [5.41, 5.74) is -0.686. The summed E-state index contributed by atoms with van der Waals surface area (Å²) >= 11 is 0. The number of carbonyl (C=O) groups is 1. The van der Waals surface area contributed by atoms with E-state index in [1.165, 1.54) is 0 Å². The Bertz CT molecular complexity index is 642. The summed E-state index contributed by atoms with van der Waals surface area (Å²) in [4.78, 5) is 10.6. The maximum atomic E-state index is 13.4. The van der Waals surface area contributed by atoms with Gasteiger partial charge in [0.25, 0.3) is 0 Å². The average molecular weight is 317 g/mol. The fourth-order valence-corrected chi connectivity index (χ4v) is 3.94. The first-order valence-corrected chi connectivity index (χ1v) is 7.97. The molecule has 21 heavy (non-hydrogen) atoms. The molecule has 0 amide bonds. The van der Waals surface area contributed by atoms with Crippen molar-refractivity contribution in [2.24, 2.45) is 0 Å². The van der Waals surface area contributed by atoms with Gasteiger partial charge in [-0.1, -0.05) is 6.42 Å². The Hall–Kier alpha value is -1.51. The largest absolute Gasteiger partial charge is 0.478 e. The van der Waals surface area contributed by atoms with Gasteiger partial charge in [-0.25, -0.2) is 17.6 Å². The standard InChI is InChI=1S/C13H16FNO5S/c14-12-5-4-10(8-11(12)13(17)18)21(19,20)15(6-7-16)9-2-1-3-9/h4-5,8-9,16H,1-3,6-7H2,(H,17,18). The molecule has 1 fully saturated rings. The van der Waals surface area contributed by atoms with Gasteiger partial charge in [0.05, 0.1) is 17.1 Å². The van der Waals surface area contributed by atoms with Crippen molar-refractivity contribution in [1.82, 2.24) is 4.31 Å². The highest BCUT2D eigenvalue weighted by molar-refractivity contribution is 7.89. The molecular weight excluding hydrogens is 301 g/mol. The lowest BCUT2D eigenvalue weighted by Gasteiger charge is -2.36. The molecule has 0 unspecified atom stereocenters. The highest BCUT2D eigenvalue weighted by atomic mass is 32.2. The number of nitrogens with zero attached hydrogens (tertiary/aromatic N) is 1. The molecule has 2 N–H and O–H groups in total. The number of hydrogen-bond donors (Lipinski definition) is 2. The summed E-state index contributed by atoms with van der Waals surface area (Å²) in [6.07, 6.45) is 2.31.